The average molecular weight is 322 g/mol. The zero-order chi connectivity index (χ0) is 16.4. The van der Waals surface area contributed by atoms with Gasteiger partial charge in [-0.2, -0.15) is 0 Å². The van der Waals surface area contributed by atoms with Gasteiger partial charge >= 0.3 is 0 Å². The molecular formula is C16H22N2O5. The third kappa shape index (κ3) is 3.32. The molecule has 0 spiro atoms. The summed E-state index contributed by atoms with van der Waals surface area (Å²) in [7, 11) is 0. The zero-order valence-corrected chi connectivity index (χ0v) is 13.0. The molecule has 2 fully saturated rings. The maximum Gasteiger partial charge on any atom is 0.255 e. The summed E-state index contributed by atoms with van der Waals surface area (Å²) in [5.74, 6) is 0.251. The van der Waals surface area contributed by atoms with Gasteiger partial charge in [-0.25, -0.2) is 0 Å². The predicted octanol–water partition coefficient (Wildman–Crippen LogP) is -0.411. The summed E-state index contributed by atoms with van der Waals surface area (Å²) in [4.78, 5) is 12.6. The number of aliphatic hydroxyl groups excluding tert-OH is 1. The summed E-state index contributed by atoms with van der Waals surface area (Å²) in [5.41, 5.74) is 6.87. The smallest absolute Gasteiger partial charge is 0.255 e. The Hall–Kier alpha value is -1.67. The van der Waals surface area contributed by atoms with Gasteiger partial charge in [0.25, 0.3) is 5.91 Å². The van der Waals surface area contributed by atoms with Gasteiger partial charge in [0, 0.05) is 6.54 Å². The van der Waals surface area contributed by atoms with E-state index >= 15 is 0 Å². The summed E-state index contributed by atoms with van der Waals surface area (Å²) < 4.78 is 16.6. The van der Waals surface area contributed by atoms with Gasteiger partial charge in [-0.05, 0) is 19.1 Å². The fourth-order valence-corrected chi connectivity index (χ4v) is 2.96. The Morgan fingerprint density at radius 1 is 1.39 bits per heavy atom. The molecule has 4 N–H and O–H groups in total. The summed E-state index contributed by atoms with van der Waals surface area (Å²) in [5, 5.41) is 12.7. The third-order valence-electron chi connectivity index (χ3n) is 4.10. The van der Waals surface area contributed by atoms with Crippen LogP contribution in [0.2, 0.25) is 0 Å². The Kier molecular flexibility index (Phi) is 4.82. The van der Waals surface area contributed by atoms with Crippen LogP contribution >= 0.6 is 0 Å². The average Bonchev–Trinajstić information content (AvgIpc) is 3.10. The van der Waals surface area contributed by atoms with E-state index < -0.39 is 6.10 Å². The third-order valence-corrected chi connectivity index (χ3v) is 4.10. The molecule has 7 heteroatoms. The molecule has 1 aromatic carbocycles. The molecule has 2 saturated heterocycles. The fraction of sp³-hybridized carbons (Fsp3) is 0.562. The summed E-state index contributed by atoms with van der Waals surface area (Å²) in [6, 6.07) is 5.14. The molecule has 126 valence electrons. The number of hydrogen-bond donors (Lipinski definition) is 3. The van der Waals surface area contributed by atoms with Crippen molar-refractivity contribution in [3.05, 3.63) is 29.3 Å². The molecule has 2 aliphatic rings. The highest BCUT2D eigenvalue weighted by Gasteiger charge is 2.47. The Morgan fingerprint density at radius 3 is 2.96 bits per heavy atom. The van der Waals surface area contributed by atoms with Gasteiger partial charge in [0.05, 0.1) is 24.8 Å². The minimum Gasteiger partial charge on any atom is -0.491 e. The highest BCUT2D eigenvalue weighted by molar-refractivity contribution is 5.97. The maximum atomic E-state index is 12.6. The molecule has 23 heavy (non-hydrogen) atoms. The number of fused-ring (bicyclic) bond motifs is 1. The normalized spacial score (nSPS) is 29.3. The minimum atomic E-state index is -0.635. The summed E-state index contributed by atoms with van der Waals surface area (Å²) in [6.45, 7) is 3.19. The number of rotatable bonds is 5. The number of amides is 1. The second-order valence-electron chi connectivity index (χ2n) is 5.88. The highest BCUT2D eigenvalue weighted by atomic mass is 16.6. The van der Waals surface area contributed by atoms with Crippen molar-refractivity contribution >= 4 is 5.91 Å². The lowest BCUT2D eigenvalue weighted by Crippen LogP contribution is -2.44. The molecule has 1 amide bonds. The molecule has 0 bridgehead atoms. The fourth-order valence-electron chi connectivity index (χ4n) is 2.96. The number of benzene rings is 1. The van der Waals surface area contributed by atoms with Crippen molar-refractivity contribution in [1.29, 1.82) is 0 Å². The van der Waals surface area contributed by atoms with Crippen molar-refractivity contribution in [3.8, 4) is 5.75 Å². The molecule has 0 aromatic heterocycles. The number of aryl methyl sites for hydroxylation is 1. The van der Waals surface area contributed by atoms with Gasteiger partial charge in [0.1, 0.15) is 30.7 Å². The predicted molar refractivity (Wildman–Crippen MR) is 82.5 cm³/mol. The van der Waals surface area contributed by atoms with E-state index in [1.807, 2.05) is 13.0 Å². The van der Waals surface area contributed by atoms with Crippen molar-refractivity contribution in [2.45, 2.75) is 31.3 Å². The van der Waals surface area contributed by atoms with Crippen LogP contribution in [0.3, 0.4) is 0 Å². The van der Waals surface area contributed by atoms with Crippen LogP contribution in [-0.2, 0) is 9.47 Å². The molecule has 3 rings (SSSR count). The Morgan fingerprint density at radius 2 is 2.17 bits per heavy atom. The molecule has 7 nitrogen and oxygen atoms in total. The Bertz CT molecular complexity index is 580. The van der Waals surface area contributed by atoms with Crippen LogP contribution in [-0.4, -0.2) is 61.7 Å². The number of nitrogens with one attached hydrogen (secondary N) is 1. The van der Waals surface area contributed by atoms with Crippen LogP contribution in [0.5, 0.6) is 5.75 Å². The number of nitrogens with two attached hydrogens (primary N) is 1. The lowest BCUT2D eigenvalue weighted by Gasteiger charge is -2.19. The molecule has 1 aromatic rings. The van der Waals surface area contributed by atoms with E-state index in [0.717, 1.165) is 5.56 Å². The quantitative estimate of drug-likeness (QED) is 0.681. The van der Waals surface area contributed by atoms with Crippen LogP contribution < -0.4 is 15.8 Å². The first-order valence-electron chi connectivity index (χ1n) is 7.76. The van der Waals surface area contributed by atoms with E-state index in [-0.39, 0.29) is 30.8 Å². The number of aliphatic hydroxyl groups is 1. The molecule has 0 radical (unpaired) electrons. The van der Waals surface area contributed by atoms with Gasteiger partial charge < -0.3 is 30.4 Å². The van der Waals surface area contributed by atoms with Crippen LogP contribution in [0.4, 0.5) is 0 Å². The van der Waals surface area contributed by atoms with Crippen molar-refractivity contribution in [3.63, 3.8) is 0 Å². The maximum absolute atomic E-state index is 12.6. The largest absolute Gasteiger partial charge is 0.491 e. The van der Waals surface area contributed by atoms with Crippen LogP contribution in [0.1, 0.15) is 15.9 Å². The van der Waals surface area contributed by atoms with Gasteiger partial charge in [0.15, 0.2) is 0 Å². The van der Waals surface area contributed by atoms with Crippen molar-refractivity contribution in [1.82, 2.24) is 5.32 Å². The number of hydrogen-bond acceptors (Lipinski definition) is 6. The summed E-state index contributed by atoms with van der Waals surface area (Å²) >= 11 is 0. The SMILES string of the molecule is Cc1ccc(OCCN)c(C(=O)N[C@H]2CO[C@H]3[C@@H]2OC[C@@H]3O)c1. The van der Waals surface area contributed by atoms with E-state index in [1.165, 1.54) is 0 Å². The molecule has 0 aliphatic carbocycles. The van der Waals surface area contributed by atoms with E-state index in [9.17, 15) is 9.90 Å². The zero-order valence-electron chi connectivity index (χ0n) is 13.0. The molecule has 0 saturated carbocycles. The molecule has 0 unspecified atom stereocenters. The Labute approximate surface area is 134 Å². The highest BCUT2D eigenvalue weighted by Crippen LogP contribution is 2.28. The van der Waals surface area contributed by atoms with E-state index in [1.54, 1.807) is 12.1 Å². The van der Waals surface area contributed by atoms with Crippen LogP contribution in [0, 0.1) is 6.92 Å². The van der Waals surface area contributed by atoms with Crippen molar-refractivity contribution < 1.29 is 24.1 Å². The minimum absolute atomic E-state index is 0.233. The Balaban J connectivity index is 1.72. The first kappa shape index (κ1) is 16.2. The van der Waals surface area contributed by atoms with Gasteiger partial charge in [-0.15, -0.1) is 0 Å². The first-order valence-corrected chi connectivity index (χ1v) is 7.76. The second-order valence-corrected chi connectivity index (χ2v) is 5.88. The monoisotopic (exact) mass is 322 g/mol. The molecular weight excluding hydrogens is 300 g/mol. The first-order chi connectivity index (χ1) is 11.1. The lowest BCUT2D eigenvalue weighted by atomic mass is 10.1. The van der Waals surface area contributed by atoms with E-state index in [2.05, 4.69) is 5.32 Å². The standard InChI is InChI=1S/C16H22N2O5/c1-9-2-3-13(21-5-4-17)10(6-9)16(20)18-11-7-22-15-12(19)8-23-14(11)15/h2-3,6,11-12,14-15,19H,4-5,7-8,17H2,1H3,(H,18,20)/t11-,12-,14+,15+/m0/s1. The van der Waals surface area contributed by atoms with Crippen molar-refractivity contribution in [2.24, 2.45) is 5.73 Å². The molecule has 4 atom stereocenters. The second kappa shape index (κ2) is 6.84. The number of carbonyl (C=O) groups excluding carboxylic acids is 1. The summed E-state index contributed by atoms with van der Waals surface area (Å²) in [6.07, 6.45) is -1.32. The van der Waals surface area contributed by atoms with E-state index in [4.69, 9.17) is 19.9 Å². The van der Waals surface area contributed by atoms with Crippen molar-refractivity contribution in [2.75, 3.05) is 26.4 Å². The van der Waals surface area contributed by atoms with E-state index in [0.29, 0.717) is 31.1 Å². The van der Waals surface area contributed by atoms with Crippen LogP contribution in [0.15, 0.2) is 18.2 Å². The number of ether oxygens (including phenoxy) is 3. The number of carbonyl (C=O) groups is 1. The lowest BCUT2D eigenvalue weighted by molar-refractivity contribution is 0.0178. The van der Waals surface area contributed by atoms with Gasteiger partial charge in [-0.3, -0.25) is 4.79 Å². The van der Waals surface area contributed by atoms with Crippen LogP contribution in [0.25, 0.3) is 0 Å². The topological polar surface area (TPSA) is 103 Å². The van der Waals surface area contributed by atoms with Gasteiger partial charge in [0.2, 0.25) is 0 Å². The van der Waals surface area contributed by atoms with Gasteiger partial charge in [-0.1, -0.05) is 11.6 Å². The molecule has 2 aliphatic heterocycles. The molecule has 2 heterocycles.